The molecule has 0 unspecified atom stereocenters. The van der Waals surface area contributed by atoms with Crippen LogP contribution < -0.4 is 5.32 Å². The number of nitrogens with zero attached hydrogens (tertiary/aromatic N) is 1. The van der Waals surface area contributed by atoms with Gasteiger partial charge in [0, 0.05) is 0 Å². The van der Waals surface area contributed by atoms with Gasteiger partial charge in [-0.05, 0) is 47.1 Å². The Hall–Kier alpha value is -0.0800. The summed E-state index contributed by atoms with van der Waals surface area (Å²) in [6.07, 6.45) is 2.83. The summed E-state index contributed by atoms with van der Waals surface area (Å²) in [6.45, 7) is 6.64. The van der Waals surface area contributed by atoms with Crippen molar-refractivity contribution in [1.29, 1.82) is 0 Å². The van der Waals surface area contributed by atoms with Gasteiger partial charge < -0.3 is 10.2 Å². The molecule has 11 heavy (non-hydrogen) atoms. The third-order valence-corrected chi connectivity index (χ3v) is 1.33. The highest BCUT2D eigenvalue weighted by Crippen LogP contribution is 2.01. The maximum atomic E-state index is 2.75. The van der Waals surface area contributed by atoms with Gasteiger partial charge in [0.25, 0.3) is 0 Å². The average molecular weight is 160 g/mol. The van der Waals surface area contributed by atoms with Crippen molar-refractivity contribution in [3.63, 3.8) is 0 Å². The minimum atomic E-state index is 1.32. The van der Waals surface area contributed by atoms with Crippen LogP contribution in [0, 0.1) is 0 Å². The molecule has 1 saturated heterocycles. The Balaban J connectivity index is 0. The molecule has 0 aromatic heterocycles. The third-order valence-electron chi connectivity index (χ3n) is 1.33. The van der Waals surface area contributed by atoms with Crippen LogP contribution in [0.1, 0.15) is 26.7 Å². The summed E-state index contributed by atoms with van der Waals surface area (Å²) in [5.41, 5.74) is 0. The molecule has 0 bridgehead atoms. The van der Waals surface area contributed by atoms with E-state index in [2.05, 4.69) is 17.3 Å². The molecule has 1 fully saturated rings. The molecular formula is C9H24N2. The Morgan fingerprint density at radius 3 is 1.36 bits per heavy atom. The zero-order valence-corrected chi connectivity index (χ0v) is 8.78. The second kappa shape index (κ2) is 12.6. The lowest BCUT2D eigenvalue weighted by Crippen LogP contribution is -2.10. The van der Waals surface area contributed by atoms with Gasteiger partial charge in [0.15, 0.2) is 0 Å². The van der Waals surface area contributed by atoms with E-state index >= 15 is 0 Å². The predicted octanol–water partition coefficient (Wildman–Crippen LogP) is 1.57. The normalized spacial score (nSPS) is 16.1. The zero-order chi connectivity index (χ0) is 9.11. The second-order valence-corrected chi connectivity index (χ2v) is 2.51. The molecule has 0 spiro atoms. The molecule has 1 heterocycles. The topological polar surface area (TPSA) is 15.3 Å². The van der Waals surface area contributed by atoms with E-state index in [1.54, 1.807) is 0 Å². The maximum absolute atomic E-state index is 2.75. The second-order valence-electron chi connectivity index (χ2n) is 2.51. The summed E-state index contributed by atoms with van der Waals surface area (Å²) in [7, 11) is 5.92. The molecule has 0 aliphatic carbocycles. The third kappa shape index (κ3) is 13.0. The number of likely N-dealkylation sites (tertiary alicyclic amines) is 1. The molecule has 2 heteroatoms. The van der Waals surface area contributed by atoms with Crippen molar-refractivity contribution in [2.45, 2.75) is 26.7 Å². The highest BCUT2D eigenvalue weighted by atomic mass is 15.1. The molecule has 1 N–H and O–H groups in total. The van der Waals surface area contributed by atoms with Gasteiger partial charge in [-0.25, -0.2) is 0 Å². The smallest absolute Gasteiger partial charge is 0.00213 e. The molecule has 1 rings (SSSR count). The Bertz CT molecular complexity index is 49.5. The van der Waals surface area contributed by atoms with Crippen LogP contribution in [0.15, 0.2) is 0 Å². The highest BCUT2D eigenvalue weighted by molar-refractivity contribution is 4.59. The van der Waals surface area contributed by atoms with Gasteiger partial charge in [0.05, 0.1) is 0 Å². The molecular weight excluding hydrogens is 136 g/mol. The molecule has 0 aromatic rings. The van der Waals surface area contributed by atoms with Crippen molar-refractivity contribution >= 4 is 0 Å². The van der Waals surface area contributed by atoms with Crippen LogP contribution in [-0.2, 0) is 0 Å². The SMILES string of the molecule is CC.CN1CCCC1.CNC. The van der Waals surface area contributed by atoms with Crippen molar-refractivity contribution in [3.8, 4) is 0 Å². The van der Waals surface area contributed by atoms with Gasteiger partial charge in [0.1, 0.15) is 0 Å². The fraction of sp³-hybridized carbons (Fsp3) is 1.00. The lowest BCUT2D eigenvalue weighted by Gasteiger charge is -2.01. The largest absolute Gasteiger partial charge is 0.323 e. The number of hydrogen-bond acceptors (Lipinski definition) is 2. The van der Waals surface area contributed by atoms with Gasteiger partial charge in [-0.3, -0.25) is 0 Å². The Kier molecular flexibility index (Phi) is 15.4. The number of hydrogen-bond donors (Lipinski definition) is 1. The molecule has 1 aliphatic heterocycles. The first-order valence-corrected chi connectivity index (χ1v) is 4.58. The lowest BCUT2D eigenvalue weighted by atomic mass is 10.4. The van der Waals surface area contributed by atoms with E-state index < -0.39 is 0 Å². The first-order valence-electron chi connectivity index (χ1n) is 4.58. The van der Waals surface area contributed by atoms with E-state index in [4.69, 9.17) is 0 Å². The summed E-state index contributed by atoms with van der Waals surface area (Å²) in [5.74, 6) is 0. The number of nitrogens with one attached hydrogen (secondary N) is 1. The van der Waals surface area contributed by atoms with Crippen LogP contribution in [-0.4, -0.2) is 39.1 Å². The molecule has 0 aromatic carbocycles. The van der Waals surface area contributed by atoms with Gasteiger partial charge in [-0.2, -0.15) is 0 Å². The maximum Gasteiger partial charge on any atom is -0.00213 e. The molecule has 1 aliphatic rings. The van der Waals surface area contributed by atoms with Crippen LogP contribution in [0.4, 0.5) is 0 Å². The fourth-order valence-electron chi connectivity index (χ4n) is 0.875. The quantitative estimate of drug-likeness (QED) is 0.579. The molecule has 70 valence electrons. The molecule has 0 amide bonds. The summed E-state index contributed by atoms with van der Waals surface area (Å²) >= 11 is 0. The van der Waals surface area contributed by atoms with Crippen molar-refractivity contribution in [1.82, 2.24) is 10.2 Å². The lowest BCUT2D eigenvalue weighted by molar-refractivity contribution is 0.418. The molecule has 0 atom stereocenters. The van der Waals surface area contributed by atoms with Gasteiger partial charge in [0.2, 0.25) is 0 Å². The predicted molar refractivity (Wildman–Crippen MR) is 53.1 cm³/mol. The number of rotatable bonds is 0. The van der Waals surface area contributed by atoms with Crippen LogP contribution in [0.3, 0.4) is 0 Å². The Morgan fingerprint density at radius 1 is 1.00 bits per heavy atom. The minimum absolute atomic E-state index is 1.32. The first kappa shape index (κ1) is 13.5. The van der Waals surface area contributed by atoms with Gasteiger partial charge in [-0.15, -0.1) is 0 Å². The zero-order valence-electron chi connectivity index (χ0n) is 8.78. The van der Waals surface area contributed by atoms with E-state index in [9.17, 15) is 0 Å². The summed E-state index contributed by atoms with van der Waals surface area (Å²) in [5, 5.41) is 2.75. The Morgan fingerprint density at radius 2 is 1.27 bits per heavy atom. The van der Waals surface area contributed by atoms with Crippen molar-refractivity contribution in [3.05, 3.63) is 0 Å². The minimum Gasteiger partial charge on any atom is -0.323 e. The van der Waals surface area contributed by atoms with Gasteiger partial charge in [-0.1, -0.05) is 13.8 Å². The average Bonchev–Trinajstić information content (AvgIpc) is 2.46. The van der Waals surface area contributed by atoms with Crippen LogP contribution in [0.25, 0.3) is 0 Å². The standard InChI is InChI=1S/C5H11N.C2H7N.C2H6/c1-6-4-2-3-5-6;1-3-2;1-2/h2-5H2,1H3;3H,1-2H3;1-2H3. The van der Waals surface area contributed by atoms with Crippen molar-refractivity contribution in [2.24, 2.45) is 0 Å². The van der Waals surface area contributed by atoms with E-state index in [0.29, 0.717) is 0 Å². The first-order chi connectivity index (χ1) is 5.31. The fourth-order valence-corrected chi connectivity index (χ4v) is 0.875. The summed E-state index contributed by atoms with van der Waals surface area (Å²) in [4.78, 5) is 2.36. The molecule has 0 radical (unpaired) electrons. The molecule has 2 nitrogen and oxygen atoms in total. The highest BCUT2D eigenvalue weighted by Gasteiger charge is 2.03. The van der Waals surface area contributed by atoms with Crippen molar-refractivity contribution < 1.29 is 0 Å². The van der Waals surface area contributed by atoms with E-state index in [1.807, 2.05) is 27.9 Å². The molecule has 0 saturated carbocycles. The van der Waals surface area contributed by atoms with Crippen molar-refractivity contribution in [2.75, 3.05) is 34.2 Å². The summed E-state index contributed by atoms with van der Waals surface area (Å²) < 4.78 is 0. The Labute approximate surface area is 72.0 Å². The van der Waals surface area contributed by atoms with Crippen LogP contribution in [0.5, 0.6) is 0 Å². The van der Waals surface area contributed by atoms with E-state index in [1.165, 1.54) is 25.9 Å². The van der Waals surface area contributed by atoms with Crippen LogP contribution in [0.2, 0.25) is 0 Å². The van der Waals surface area contributed by atoms with E-state index in [0.717, 1.165) is 0 Å². The van der Waals surface area contributed by atoms with Crippen LogP contribution >= 0.6 is 0 Å². The van der Waals surface area contributed by atoms with E-state index in [-0.39, 0.29) is 0 Å². The van der Waals surface area contributed by atoms with Gasteiger partial charge >= 0.3 is 0 Å². The summed E-state index contributed by atoms with van der Waals surface area (Å²) in [6, 6.07) is 0. The monoisotopic (exact) mass is 160 g/mol.